The molecule has 2 aromatic heterocycles. The van der Waals surface area contributed by atoms with Crippen LogP contribution in [0, 0.1) is 12.8 Å². The summed E-state index contributed by atoms with van der Waals surface area (Å²) in [6.07, 6.45) is 7.75. The zero-order chi connectivity index (χ0) is 24.9. The van der Waals surface area contributed by atoms with Crippen molar-refractivity contribution in [2.75, 3.05) is 35.7 Å². The van der Waals surface area contributed by atoms with Crippen molar-refractivity contribution >= 4 is 40.8 Å². The van der Waals surface area contributed by atoms with Crippen molar-refractivity contribution < 1.29 is 9.53 Å². The van der Waals surface area contributed by atoms with E-state index >= 15 is 0 Å². The lowest BCUT2D eigenvalue weighted by molar-refractivity contribution is -0.119. The van der Waals surface area contributed by atoms with Gasteiger partial charge in [0.15, 0.2) is 22.6 Å². The van der Waals surface area contributed by atoms with E-state index in [1.54, 1.807) is 7.11 Å². The second kappa shape index (κ2) is 11.2. The lowest BCUT2D eigenvalue weighted by Crippen LogP contribution is -2.31. The third-order valence-corrected chi connectivity index (χ3v) is 7.57. The van der Waals surface area contributed by atoms with Gasteiger partial charge in [0.25, 0.3) is 0 Å². The Morgan fingerprint density at radius 3 is 2.50 bits per heavy atom. The number of hydrogen-bond acceptors (Lipinski definition) is 8. The maximum atomic E-state index is 12.5. The molecule has 190 valence electrons. The van der Waals surface area contributed by atoms with E-state index in [1.165, 1.54) is 18.2 Å². The molecule has 1 amide bonds. The second-order valence-corrected chi connectivity index (χ2v) is 10.5. The van der Waals surface area contributed by atoms with E-state index in [9.17, 15) is 4.79 Å². The molecular weight excluding hydrogens is 474 g/mol. The number of nitrogens with zero attached hydrogens (tertiary/aromatic N) is 4. The number of ether oxygens (including phenoxy) is 1. The molecule has 0 radical (unpaired) electrons. The first-order valence-corrected chi connectivity index (χ1v) is 13.5. The summed E-state index contributed by atoms with van der Waals surface area (Å²) in [5.74, 6) is 2.94. The minimum absolute atomic E-state index is 0.127. The first-order chi connectivity index (χ1) is 17.6. The van der Waals surface area contributed by atoms with Crippen LogP contribution in [0.25, 0.3) is 0 Å². The molecule has 10 heteroatoms. The molecule has 2 fully saturated rings. The summed E-state index contributed by atoms with van der Waals surface area (Å²) in [6.45, 7) is 3.83. The Bertz CT molecular complexity index is 1190. The van der Waals surface area contributed by atoms with Crippen LogP contribution in [-0.2, 0) is 4.79 Å². The first kappa shape index (κ1) is 24.4. The third-order valence-electron chi connectivity index (χ3n) is 6.70. The number of rotatable bonds is 8. The van der Waals surface area contributed by atoms with Crippen molar-refractivity contribution in [2.24, 2.45) is 5.92 Å². The predicted molar refractivity (Wildman–Crippen MR) is 142 cm³/mol. The van der Waals surface area contributed by atoms with E-state index in [0.717, 1.165) is 73.7 Å². The lowest BCUT2D eigenvalue weighted by atomic mass is 10.1. The molecule has 1 saturated heterocycles. The molecule has 36 heavy (non-hydrogen) atoms. The standard InChI is InChI=1S/C26H33N7O2S/c1-17-16-21(32-31-17)28-23-22(35-2)24(33-14-6-3-7-15-33)30-26(29-23)36-20-12-10-19(11-13-20)27-25(34)18-8-4-5-9-18/h10-13,16,18H,3-9,14-15H2,1-2H3,(H,27,34)(H2,28,29,30,31,32). The summed E-state index contributed by atoms with van der Waals surface area (Å²) in [5.41, 5.74) is 1.77. The first-order valence-electron chi connectivity index (χ1n) is 12.7. The highest BCUT2D eigenvalue weighted by molar-refractivity contribution is 7.99. The van der Waals surface area contributed by atoms with E-state index in [-0.39, 0.29) is 11.8 Å². The highest BCUT2D eigenvalue weighted by Crippen LogP contribution is 2.39. The molecule has 0 bridgehead atoms. The fourth-order valence-electron chi connectivity index (χ4n) is 4.80. The molecule has 3 N–H and O–H groups in total. The Hall–Kier alpha value is -3.27. The number of methoxy groups -OCH3 is 1. The van der Waals surface area contributed by atoms with Gasteiger partial charge in [-0.3, -0.25) is 9.89 Å². The molecule has 1 aliphatic heterocycles. The third kappa shape index (κ3) is 5.75. The molecule has 3 aromatic rings. The summed E-state index contributed by atoms with van der Waals surface area (Å²) >= 11 is 1.48. The van der Waals surface area contributed by atoms with Gasteiger partial charge in [0, 0.05) is 41.4 Å². The number of amides is 1. The molecule has 1 aliphatic carbocycles. The van der Waals surface area contributed by atoms with Crippen LogP contribution in [0.15, 0.2) is 40.4 Å². The highest BCUT2D eigenvalue weighted by atomic mass is 32.2. The number of aromatic amines is 1. The zero-order valence-electron chi connectivity index (χ0n) is 20.8. The molecule has 0 unspecified atom stereocenters. The van der Waals surface area contributed by atoms with Crippen LogP contribution in [-0.4, -0.2) is 46.3 Å². The normalized spacial score (nSPS) is 16.2. The van der Waals surface area contributed by atoms with Crippen LogP contribution in [0.5, 0.6) is 5.75 Å². The lowest BCUT2D eigenvalue weighted by Gasteiger charge is -2.29. The zero-order valence-corrected chi connectivity index (χ0v) is 21.7. The van der Waals surface area contributed by atoms with Gasteiger partial charge in [0.1, 0.15) is 0 Å². The number of anilines is 4. The molecule has 1 aromatic carbocycles. The predicted octanol–water partition coefficient (Wildman–Crippen LogP) is 5.53. The molecule has 1 saturated carbocycles. The van der Waals surface area contributed by atoms with E-state index in [2.05, 4.69) is 25.7 Å². The average Bonchev–Trinajstić information content (AvgIpc) is 3.58. The van der Waals surface area contributed by atoms with Crippen LogP contribution in [0.4, 0.5) is 23.1 Å². The SMILES string of the molecule is COc1c(Nc2cc(C)[nH]n2)nc(Sc2ccc(NC(=O)C3CCCC3)cc2)nc1N1CCCCC1. The van der Waals surface area contributed by atoms with Crippen LogP contribution in [0.3, 0.4) is 0 Å². The second-order valence-electron chi connectivity index (χ2n) is 9.42. The number of aromatic nitrogens is 4. The van der Waals surface area contributed by atoms with E-state index in [0.29, 0.717) is 22.5 Å². The van der Waals surface area contributed by atoms with E-state index < -0.39 is 0 Å². The maximum Gasteiger partial charge on any atom is 0.227 e. The molecule has 0 atom stereocenters. The Morgan fingerprint density at radius 1 is 1.08 bits per heavy atom. The fourth-order valence-corrected chi connectivity index (χ4v) is 5.56. The number of piperidine rings is 1. The monoisotopic (exact) mass is 507 g/mol. The van der Waals surface area contributed by atoms with Crippen molar-refractivity contribution in [2.45, 2.75) is 61.9 Å². The number of hydrogen-bond donors (Lipinski definition) is 3. The van der Waals surface area contributed by atoms with Crippen LogP contribution in [0.2, 0.25) is 0 Å². The summed E-state index contributed by atoms with van der Waals surface area (Å²) in [5, 5.41) is 14.2. The van der Waals surface area contributed by atoms with Crippen molar-refractivity contribution in [3.63, 3.8) is 0 Å². The molecule has 0 spiro atoms. The van der Waals surface area contributed by atoms with Gasteiger partial charge in [-0.25, -0.2) is 9.97 Å². The summed E-state index contributed by atoms with van der Waals surface area (Å²) in [4.78, 5) is 25.4. The molecule has 2 aliphatic rings. The van der Waals surface area contributed by atoms with E-state index in [1.807, 2.05) is 37.3 Å². The van der Waals surface area contributed by atoms with Crippen molar-refractivity contribution in [1.82, 2.24) is 20.2 Å². The average molecular weight is 508 g/mol. The number of nitrogens with one attached hydrogen (secondary N) is 3. The number of benzene rings is 1. The number of carbonyl (C=O) groups excluding carboxylic acids is 1. The highest BCUT2D eigenvalue weighted by Gasteiger charge is 2.24. The van der Waals surface area contributed by atoms with Crippen LogP contribution < -0.4 is 20.3 Å². The minimum atomic E-state index is 0.127. The van der Waals surface area contributed by atoms with Crippen molar-refractivity contribution in [3.05, 3.63) is 36.0 Å². The van der Waals surface area contributed by atoms with E-state index in [4.69, 9.17) is 14.7 Å². The Labute approximate surface area is 215 Å². The van der Waals surface area contributed by atoms with Gasteiger partial charge in [-0.05, 0) is 75.1 Å². The minimum Gasteiger partial charge on any atom is -0.490 e. The van der Waals surface area contributed by atoms with Gasteiger partial charge >= 0.3 is 0 Å². The summed E-state index contributed by atoms with van der Waals surface area (Å²) in [6, 6.07) is 9.79. The smallest absolute Gasteiger partial charge is 0.227 e. The van der Waals surface area contributed by atoms with Gasteiger partial charge in [-0.15, -0.1) is 0 Å². The fraction of sp³-hybridized carbons (Fsp3) is 0.462. The van der Waals surface area contributed by atoms with Gasteiger partial charge in [-0.2, -0.15) is 5.10 Å². The molecule has 9 nitrogen and oxygen atoms in total. The molecule has 3 heterocycles. The largest absolute Gasteiger partial charge is 0.490 e. The summed E-state index contributed by atoms with van der Waals surface area (Å²) < 4.78 is 5.79. The van der Waals surface area contributed by atoms with Crippen LogP contribution >= 0.6 is 11.8 Å². The number of aryl methyl sites for hydroxylation is 1. The van der Waals surface area contributed by atoms with Crippen LogP contribution in [0.1, 0.15) is 50.6 Å². The topological polar surface area (TPSA) is 108 Å². The number of H-pyrrole nitrogens is 1. The molecular formula is C26H33N7O2S. The maximum absolute atomic E-state index is 12.5. The van der Waals surface area contributed by atoms with Crippen molar-refractivity contribution in [3.8, 4) is 5.75 Å². The van der Waals surface area contributed by atoms with Gasteiger partial charge < -0.3 is 20.3 Å². The van der Waals surface area contributed by atoms with Gasteiger partial charge in [-0.1, -0.05) is 12.8 Å². The quantitative estimate of drug-likeness (QED) is 0.342. The van der Waals surface area contributed by atoms with Crippen molar-refractivity contribution in [1.29, 1.82) is 0 Å². The summed E-state index contributed by atoms with van der Waals surface area (Å²) in [7, 11) is 1.65. The Balaban J connectivity index is 1.38. The number of carbonyl (C=O) groups is 1. The molecule has 5 rings (SSSR count). The Kier molecular flexibility index (Phi) is 7.60. The van der Waals surface area contributed by atoms with Gasteiger partial charge in [0.2, 0.25) is 11.7 Å². The van der Waals surface area contributed by atoms with Gasteiger partial charge in [0.05, 0.1) is 7.11 Å². The Morgan fingerprint density at radius 2 is 1.83 bits per heavy atom.